The van der Waals surface area contributed by atoms with E-state index in [2.05, 4.69) is 17.2 Å². The van der Waals surface area contributed by atoms with Crippen LogP contribution in [0.2, 0.25) is 0 Å². The summed E-state index contributed by atoms with van der Waals surface area (Å²) in [5, 5.41) is 5.13. The first-order valence-corrected chi connectivity index (χ1v) is 39.2. The molecule has 48 heteroatoms. The van der Waals surface area contributed by atoms with E-state index in [-0.39, 0.29) is 6.61 Å². The summed E-state index contributed by atoms with van der Waals surface area (Å²) in [6.45, 7) is 17.4. The van der Waals surface area contributed by atoms with Crippen molar-refractivity contribution in [3.63, 3.8) is 0 Å². The molecule has 0 saturated carbocycles. The number of hydrogen-bond acceptors (Lipinski definition) is 46. The Balaban J connectivity index is 1.52. The second-order valence-electron chi connectivity index (χ2n) is 29.7. The zero-order valence-corrected chi connectivity index (χ0v) is 71.9. The Bertz CT molecular complexity index is 3950. The van der Waals surface area contributed by atoms with Crippen LogP contribution >= 0.6 is 0 Å². The lowest BCUT2D eigenvalue weighted by Crippen LogP contribution is -2.75. The Hall–Kier alpha value is -10.3. The molecule has 0 bridgehead atoms. The van der Waals surface area contributed by atoms with Gasteiger partial charge in [0.2, 0.25) is 17.6 Å². The predicted molar refractivity (Wildman–Crippen MR) is 394 cm³/mol. The monoisotopic (exact) mass is 1790 g/mol. The van der Waals surface area contributed by atoms with Gasteiger partial charge in [-0.15, -0.1) is 6.58 Å². The summed E-state index contributed by atoms with van der Waals surface area (Å²) >= 11 is 0. The molecule has 7 heterocycles. The quantitative estimate of drug-likeness (QED) is 0.0309. The third kappa shape index (κ3) is 28.1. The summed E-state index contributed by atoms with van der Waals surface area (Å²) in [4.78, 5) is 241. The highest BCUT2D eigenvalue weighted by Gasteiger charge is 2.69. The van der Waals surface area contributed by atoms with Crippen LogP contribution in [0.15, 0.2) is 12.7 Å². The molecule has 0 radical (unpaired) electrons. The number of nitrogens with one attached hydrogen (secondary N) is 2. The average Bonchev–Trinajstić information content (AvgIpc) is 0.721. The van der Waals surface area contributed by atoms with Crippen LogP contribution < -0.4 is 10.6 Å². The molecule has 7 aliphatic heterocycles. The molecule has 0 aromatic rings. The zero-order valence-electron chi connectivity index (χ0n) is 71.9. The lowest BCUT2D eigenvalue weighted by atomic mass is 9.86. The fraction of sp³-hybridized carbons (Fsp3) is 0.740. The van der Waals surface area contributed by atoms with Crippen LogP contribution in [0.5, 0.6) is 0 Å². The fourth-order valence-corrected chi connectivity index (χ4v) is 14.9. The van der Waals surface area contributed by atoms with E-state index in [9.17, 15) is 81.5 Å². The van der Waals surface area contributed by atoms with E-state index in [1.165, 1.54) is 19.9 Å². The molecule has 7 saturated heterocycles. The number of rotatable bonds is 35. The van der Waals surface area contributed by atoms with Crippen LogP contribution in [0, 0.1) is 5.92 Å². The van der Waals surface area contributed by atoms with Gasteiger partial charge in [0, 0.05) is 130 Å². The molecule has 48 nitrogen and oxygen atoms in total. The van der Waals surface area contributed by atoms with Gasteiger partial charge in [0.05, 0.1) is 31.2 Å². The Morgan fingerprint density at radius 2 is 0.888 bits per heavy atom. The van der Waals surface area contributed by atoms with Crippen molar-refractivity contribution in [2.24, 2.45) is 5.92 Å². The Labute approximate surface area is 714 Å². The van der Waals surface area contributed by atoms with Crippen molar-refractivity contribution in [3.8, 4) is 0 Å². The summed E-state index contributed by atoms with van der Waals surface area (Å²) in [6.07, 6.45) is -50.6. The maximum Gasteiger partial charge on any atom is 0.367 e. The molecule has 2 N–H and O–H groups in total. The number of ether oxygens (including phenoxy) is 28. The second kappa shape index (κ2) is 45.2. The first-order valence-electron chi connectivity index (χ1n) is 39.2. The smallest absolute Gasteiger partial charge is 0.367 e. The molecule has 125 heavy (non-hydrogen) atoms. The van der Waals surface area contributed by atoms with Crippen LogP contribution in [-0.4, -0.2) is 324 Å². The number of carbonyl (C=O) groups is 18. The molecule has 0 aromatic heterocycles. The summed E-state index contributed by atoms with van der Waals surface area (Å²) in [7, 11) is 0. The summed E-state index contributed by atoms with van der Waals surface area (Å²) in [6, 6.07) is -3.80. The van der Waals surface area contributed by atoms with E-state index in [0.29, 0.717) is 0 Å². The molecule has 11 unspecified atom stereocenters. The van der Waals surface area contributed by atoms with Gasteiger partial charge >= 0.3 is 95.5 Å². The highest BCUT2D eigenvalue weighted by molar-refractivity contribution is 5.80. The second-order valence-corrected chi connectivity index (χ2v) is 29.7. The molecule has 7 fully saturated rings. The van der Waals surface area contributed by atoms with Gasteiger partial charge in [-0.25, -0.2) is 4.79 Å². The Morgan fingerprint density at radius 1 is 0.424 bits per heavy atom. The van der Waals surface area contributed by atoms with Crippen molar-refractivity contribution < 1.29 is 219 Å². The Morgan fingerprint density at radius 3 is 1.40 bits per heavy atom. The Kier molecular flexibility index (Phi) is 36.8. The maximum atomic E-state index is 15.9. The fourth-order valence-electron chi connectivity index (χ4n) is 14.9. The lowest BCUT2D eigenvalue weighted by molar-refractivity contribution is -0.436. The number of amides is 2. The van der Waals surface area contributed by atoms with Crippen molar-refractivity contribution in [3.05, 3.63) is 12.7 Å². The minimum absolute atomic E-state index is 0.167. The van der Waals surface area contributed by atoms with Gasteiger partial charge in [0.15, 0.2) is 92.5 Å². The average molecular weight is 1800 g/mol. The lowest BCUT2D eigenvalue weighted by Gasteiger charge is -2.56. The number of carbonyl (C=O) groups excluding carboxylic acids is 18. The summed E-state index contributed by atoms with van der Waals surface area (Å²) in [5.41, 5.74) is 0. The molecule has 30 atom stereocenters. The molecule has 7 rings (SSSR count). The van der Waals surface area contributed by atoms with E-state index in [0.717, 1.165) is 118 Å². The summed E-state index contributed by atoms with van der Waals surface area (Å²) in [5.74, 6) is -27.0. The van der Waals surface area contributed by atoms with Crippen LogP contribution in [-0.2, 0) is 219 Å². The van der Waals surface area contributed by atoms with E-state index < -0.39 is 336 Å². The van der Waals surface area contributed by atoms with Crippen LogP contribution in [0.25, 0.3) is 0 Å². The normalized spacial score (nSPS) is 34.0. The van der Waals surface area contributed by atoms with Gasteiger partial charge in [0.25, 0.3) is 5.79 Å². The molecule has 0 aliphatic carbocycles. The third-order valence-corrected chi connectivity index (χ3v) is 19.2. The van der Waals surface area contributed by atoms with Crippen molar-refractivity contribution in [1.82, 2.24) is 10.6 Å². The minimum Gasteiger partial charge on any atom is -0.463 e. The maximum absolute atomic E-state index is 15.9. The van der Waals surface area contributed by atoms with Gasteiger partial charge < -0.3 is 143 Å². The van der Waals surface area contributed by atoms with Gasteiger partial charge in [-0.2, -0.15) is 0 Å². The van der Waals surface area contributed by atoms with Gasteiger partial charge in [-0.05, 0) is 6.92 Å². The molecule has 1 spiro atoms. The van der Waals surface area contributed by atoms with E-state index in [1.54, 1.807) is 0 Å². The van der Waals surface area contributed by atoms with Crippen LogP contribution in [0.3, 0.4) is 0 Å². The molecule has 2 amide bonds. The van der Waals surface area contributed by atoms with E-state index in [4.69, 9.17) is 133 Å². The van der Waals surface area contributed by atoms with Gasteiger partial charge in [-0.3, -0.25) is 81.5 Å². The number of hydrogen-bond donors (Lipinski definition) is 2. The topological polar surface area (TPSA) is 590 Å². The highest BCUT2D eigenvalue weighted by Crippen LogP contribution is 2.48. The van der Waals surface area contributed by atoms with Crippen molar-refractivity contribution in [2.75, 3.05) is 39.6 Å². The highest BCUT2D eigenvalue weighted by atomic mass is 16.9. The van der Waals surface area contributed by atoms with E-state index >= 15 is 4.79 Å². The summed E-state index contributed by atoms with van der Waals surface area (Å²) < 4.78 is 171. The number of fused-ring (bicyclic) bond motifs is 1. The zero-order chi connectivity index (χ0) is 93.1. The predicted octanol–water partition coefficient (Wildman–Crippen LogP) is -1.70. The molecular weight excluding hydrogens is 1690 g/mol. The number of esters is 16. The molecule has 0 aromatic carbocycles. The molecule has 700 valence electrons. The van der Waals surface area contributed by atoms with E-state index in [1.807, 2.05) is 0 Å². The van der Waals surface area contributed by atoms with Crippen LogP contribution in [0.4, 0.5) is 0 Å². The minimum atomic E-state index is -3.21. The standard InChI is InChI=1S/C77H106N2O46/c1-21-22-98-70-30(2)57(107-41(13)89)59(52(114-70)26-100-35(7)83)119-73-69-66(124-77(75(97)121-69)24-50(105-39(11)87)56(79-33(5)81)63(123-77)60(109-43(15)91)51(106-40(12)88)25-99-34(6)82)62(54(115-73)28-102-37(9)85)118-71-49(78-32(4)80)23-76(122-48(20)96,55(117-71)29-103-38(10)86)125-74-68(65(112-46(18)94)61(110-44(16)92)53(116-74)27-101-36(8)84)120-72-67(113-47(19)95)64(111-45(17)93)58(31(3)104-72)108-42(14)90/h21,30-31,49-74H,1,22-29H2,2-20H3,(H,78,80)(H,79,81)/t30?,31?,49?,50?,51-,52?,53?,54?,55?,56-,57-,58-,59-,60-,61+,62+,63-,64+,65+,66+,67?,68?,69?,70-,71+,72+,73+,74+,76+,77+/m1/s1. The molecule has 7 aliphatic rings. The SMILES string of the molecule is C=CCO[C@@H]1OC(COC(C)=O)[C@@H](O[C@@H]2OC(COC(C)=O)[C@H](O[C@@H]3OC(COC(C)=O)[C@@](OC(C)=O)(O[C@@H]4OC(COC(C)=O)[C@H](OC(C)=O)[C@H](OC(C)=O)C4O[C@@H]4OC(C)[C@@H](OC(C)=O)[C@H](OC(C)=O)C4OC(C)=O)CC3NC(C)=O)[C@@H]3O[C@@]4(CC(OC(C)=O)[C@@H](NC(C)=O)[C@H]([C@H](OC(C)=O)[C@@H](COC(C)=O)OC(C)=O)O4)C(=O)OC23)[C@H](OC(C)=O)C1C. The van der Waals surface area contributed by atoms with Crippen molar-refractivity contribution in [2.45, 2.75) is 322 Å². The third-order valence-electron chi connectivity index (χ3n) is 19.2. The molecular formula is C77H106N2O46. The van der Waals surface area contributed by atoms with Gasteiger partial charge in [-0.1, -0.05) is 13.0 Å². The first-order chi connectivity index (χ1) is 58.5. The van der Waals surface area contributed by atoms with Crippen molar-refractivity contribution in [1.29, 1.82) is 0 Å². The van der Waals surface area contributed by atoms with Crippen molar-refractivity contribution >= 4 is 107 Å². The first kappa shape index (κ1) is 102. The largest absolute Gasteiger partial charge is 0.463 e. The van der Waals surface area contributed by atoms with Crippen LogP contribution in [0.1, 0.15) is 144 Å². The van der Waals surface area contributed by atoms with Gasteiger partial charge in [0.1, 0.15) is 88.0 Å².